The first kappa shape index (κ1) is 17.5. The molecule has 2 heterocycles. The van der Waals surface area contributed by atoms with Crippen LogP contribution in [0.4, 0.5) is 10.5 Å². The van der Waals surface area contributed by atoms with Crippen LogP contribution in [0, 0.1) is 19.8 Å². The zero-order valence-electron chi connectivity index (χ0n) is 14.6. The number of anilines is 1. The molecule has 0 unspecified atom stereocenters. The molecule has 0 aliphatic carbocycles. The Balaban J connectivity index is 1.72. The van der Waals surface area contributed by atoms with Crippen LogP contribution in [0.5, 0.6) is 0 Å². The largest absolute Gasteiger partial charge is 0.359 e. The molecule has 0 saturated carbocycles. The molecular weight excluding hydrogens is 292 g/mol. The van der Waals surface area contributed by atoms with E-state index < -0.39 is 0 Å². The average Bonchev–Trinajstić information content (AvgIpc) is 3.07. The van der Waals surface area contributed by atoms with Crippen LogP contribution in [-0.4, -0.2) is 42.3 Å². The van der Waals surface area contributed by atoms with Gasteiger partial charge < -0.3 is 15.2 Å². The van der Waals surface area contributed by atoms with Gasteiger partial charge in [-0.05, 0) is 46.1 Å². The number of amides is 2. The Morgan fingerprint density at radius 1 is 1.48 bits per heavy atom. The summed E-state index contributed by atoms with van der Waals surface area (Å²) in [5.74, 6) is 1.14. The minimum Gasteiger partial charge on any atom is -0.359 e. The van der Waals surface area contributed by atoms with Gasteiger partial charge >= 0.3 is 6.03 Å². The van der Waals surface area contributed by atoms with E-state index in [2.05, 4.69) is 40.6 Å². The number of likely N-dealkylation sites (tertiary alicyclic amines) is 1. The summed E-state index contributed by atoms with van der Waals surface area (Å²) < 4.78 is 5.04. The summed E-state index contributed by atoms with van der Waals surface area (Å²) in [7, 11) is 0. The third-order valence-corrected chi connectivity index (χ3v) is 4.22. The van der Waals surface area contributed by atoms with Gasteiger partial charge in [0.15, 0.2) is 5.76 Å². The lowest BCUT2D eigenvalue weighted by atomic mass is 10.1. The van der Waals surface area contributed by atoms with Gasteiger partial charge in [-0.25, -0.2) is 4.79 Å². The number of hydrogen-bond donors (Lipinski definition) is 2. The van der Waals surface area contributed by atoms with Crippen LogP contribution in [-0.2, 0) is 0 Å². The van der Waals surface area contributed by atoms with Crippen molar-refractivity contribution in [3.63, 3.8) is 0 Å². The summed E-state index contributed by atoms with van der Waals surface area (Å²) in [5, 5.41) is 9.60. The Hall–Kier alpha value is -1.82. The van der Waals surface area contributed by atoms with Crippen molar-refractivity contribution < 1.29 is 9.32 Å². The van der Waals surface area contributed by atoms with Crippen LogP contribution in [0.15, 0.2) is 16.2 Å². The fourth-order valence-corrected chi connectivity index (χ4v) is 3.05. The highest BCUT2D eigenvalue weighted by molar-refractivity contribution is 5.90. The molecule has 0 bridgehead atoms. The van der Waals surface area contributed by atoms with Gasteiger partial charge in [0.2, 0.25) is 0 Å². The Morgan fingerprint density at radius 2 is 2.26 bits per heavy atom. The first-order chi connectivity index (χ1) is 11.0. The summed E-state index contributed by atoms with van der Waals surface area (Å²) in [6, 6.07) is -0.195. The molecule has 2 N–H and O–H groups in total. The molecule has 128 valence electrons. The Bertz CT molecular complexity index is 545. The minimum absolute atomic E-state index is 0.195. The number of nitrogens with zero attached hydrogens (tertiary/aromatic N) is 2. The molecule has 6 heteroatoms. The molecular formula is C17H28N4O2. The first-order valence-electron chi connectivity index (χ1n) is 8.35. The number of carbonyl (C=O) groups excluding carboxylic acids is 1. The van der Waals surface area contributed by atoms with Crippen molar-refractivity contribution in [2.45, 2.75) is 40.5 Å². The van der Waals surface area contributed by atoms with E-state index in [4.69, 9.17) is 4.52 Å². The van der Waals surface area contributed by atoms with Crippen LogP contribution in [0.2, 0.25) is 0 Å². The second kappa shape index (κ2) is 8.15. The van der Waals surface area contributed by atoms with Gasteiger partial charge in [0.1, 0.15) is 11.4 Å². The molecule has 2 amide bonds. The number of aryl methyl sites for hydroxylation is 2. The highest BCUT2D eigenvalue weighted by Gasteiger charge is 2.23. The fourth-order valence-electron chi connectivity index (χ4n) is 3.05. The smallest absolute Gasteiger partial charge is 0.319 e. The van der Waals surface area contributed by atoms with E-state index in [9.17, 15) is 4.79 Å². The third-order valence-electron chi connectivity index (χ3n) is 4.22. The van der Waals surface area contributed by atoms with Crippen LogP contribution in [0.1, 0.15) is 38.1 Å². The molecule has 1 aromatic rings. The van der Waals surface area contributed by atoms with Crippen LogP contribution < -0.4 is 10.6 Å². The lowest BCUT2D eigenvalue weighted by molar-refractivity contribution is 0.250. The van der Waals surface area contributed by atoms with Crippen molar-refractivity contribution in [1.29, 1.82) is 0 Å². The summed E-state index contributed by atoms with van der Waals surface area (Å²) in [6.07, 6.45) is 4.50. The summed E-state index contributed by atoms with van der Waals surface area (Å²) in [5.41, 5.74) is 2.79. The van der Waals surface area contributed by atoms with Gasteiger partial charge in [-0.15, -0.1) is 0 Å². The van der Waals surface area contributed by atoms with E-state index in [-0.39, 0.29) is 6.03 Å². The fraction of sp³-hybridized carbons (Fsp3) is 0.647. The van der Waals surface area contributed by atoms with Crippen molar-refractivity contribution in [2.24, 2.45) is 5.92 Å². The Labute approximate surface area is 138 Å². The number of rotatable bonds is 6. The maximum Gasteiger partial charge on any atom is 0.319 e. The quantitative estimate of drug-likeness (QED) is 0.790. The number of allylic oxidation sites excluding steroid dienone is 1. The lowest BCUT2D eigenvalue weighted by Crippen LogP contribution is -2.34. The molecule has 1 fully saturated rings. The number of aromatic nitrogens is 1. The van der Waals surface area contributed by atoms with Gasteiger partial charge in [0.25, 0.3) is 0 Å². The van der Waals surface area contributed by atoms with Gasteiger partial charge in [0, 0.05) is 19.6 Å². The van der Waals surface area contributed by atoms with E-state index in [1.54, 1.807) is 6.92 Å². The molecule has 1 aliphatic heterocycles. The van der Waals surface area contributed by atoms with Gasteiger partial charge in [-0.1, -0.05) is 23.7 Å². The average molecular weight is 320 g/mol. The van der Waals surface area contributed by atoms with Crippen LogP contribution in [0.25, 0.3) is 0 Å². The molecule has 0 spiro atoms. The topological polar surface area (TPSA) is 70.4 Å². The van der Waals surface area contributed by atoms with Gasteiger partial charge in [-0.3, -0.25) is 4.90 Å². The standard InChI is InChI=1S/C17H28N4O2/c1-5-6-12(2)10-21-8-7-15(11-21)9-18-17(22)19-16-13(3)20-23-14(16)4/h6,15H,5,7-11H2,1-4H3,(H2,18,19,22)/b12-6+/t15-/m1/s1. The van der Waals surface area contributed by atoms with E-state index >= 15 is 0 Å². The summed E-state index contributed by atoms with van der Waals surface area (Å²) >= 11 is 0. The maximum absolute atomic E-state index is 12.0. The summed E-state index contributed by atoms with van der Waals surface area (Å²) in [4.78, 5) is 14.5. The first-order valence-corrected chi connectivity index (χ1v) is 8.35. The molecule has 0 radical (unpaired) electrons. The number of urea groups is 1. The van der Waals surface area contributed by atoms with Crippen LogP contribution >= 0.6 is 0 Å². The normalized spacial score (nSPS) is 19.1. The maximum atomic E-state index is 12.0. The predicted octanol–water partition coefficient (Wildman–Crippen LogP) is 3.09. The van der Waals surface area contributed by atoms with Crippen molar-refractivity contribution in [3.8, 4) is 0 Å². The SMILES string of the molecule is CC/C=C(\C)CN1CC[C@H](CNC(=O)Nc2c(C)noc2C)C1. The van der Waals surface area contributed by atoms with E-state index in [1.807, 2.05) is 6.92 Å². The molecule has 1 atom stereocenters. The minimum atomic E-state index is -0.195. The third kappa shape index (κ3) is 5.10. The molecule has 1 aromatic heterocycles. The Kier molecular flexibility index (Phi) is 6.21. The molecule has 2 rings (SSSR count). The molecule has 23 heavy (non-hydrogen) atoms. The molecule has 6 nitrogen and oxygen atoms in total. The number of nitrogens with one attached hydrogen (secondary N) is 2. The van der Waals surface area contributed by atoms with Crippen molar-refractivity contribution >= 4 is 11.7 Å². The van der Waals surface area contributed by atoms with Gasteiger partial charge in [-0.2, -0.15) is 0 Å². The lowest BCUT2D eigenvalue weighted by Gasteiger charge is -2.17. The van der Waals surface area contributed by atoms with Gasteiger partial charge in [0.05, 0.1) is 0 Å². The van der Waals surface area contributed by atoms with E-state index in [1.165, 1.54) is 5.57 Å². The van der Waals surface area contributed by atoms with E-state index in [0.29, 0.717) is 29.6 Å². The highest BCUT2D eigenvalue weighted by atomic mass is 16.5. The monoisotopic (exact) mass is 320 g/mol. The Morgan fingerprint density at radius 3 is 2.91 bits per heavy atom. The molecule has 1 aliphatic rings. The molecule has 0 aromatic carbocycles. The summed E-state index contributed by atoms with van der Waals surface area (Å²) in [6.45, 7) is 11.8. The number of hydrogen-bond acceptors (Lipinski definition) is 4. The predicted molar refractivity (Wildman–Crippen MR) is 91.6 cm³/mol. The van der Waals surface area contributed by atoms with Crippen molar-refractivity contribution in [1.82, 2.24) is 15.4 Å². The molecule has 1 saturated heterocycles. The van der Waals surface area contributed by atoms with Crippen LogP contribution in [0.3, 0.4) is 0 Å². The van der Waals surface area contributed by atoms with Crippen molar-refractivity contribution in [2.75, 3.05) is 31.5 Å². The zero-order valence-corrected chi connectivity index (χ0v) is 14.6. The van der Waals surface area contributed by atoms with Crippen molar-refractivity contribution in [3.05, 3.63) is 23.1 Å². The zero-order chi connectivity index (χ0) is 16.8. The number of carbonyl (C=O) groups is 1. The van der Waals surface area contributed by atoms with E-state index in [0.717, 1.165) is 32.5 Å². The second-order valence-corrected chi connectivity index (χ2v) is 6.38. The highest BCUT2D eigenvalue weighted by Crippen LogP contribution is 2.19. The second-order valence-electron chi connectivity index (χ2n) is 6.38.